The fourth-order valence-corrected chi connectivity index (χ4v) is 6.00. The van der Waals surface area contributed by atoms with E-state index in [4.69, 9.17) is 4.74 Å². The molecule has 1 aromatic carbocycles. The predicted octanol–water partition coefficient (Wildman–Crippen LogP) is 4.22. The molecular formula is C22H25N3O4S3. The molecule has 0 spiro atoms. The van der Waals surface area contributed by atoms with Crippen molar-refractivity contribution in [3.05, 3.63) is 63.8 Å². The number of thiazole rings is 1. The Hall–Kier alpha value is -2.11. The quantitative estimate of drug-likeness (QED) is 0.467. The summed E-state index contributed by atoms with van der Waals surface area (Å²) in [6.07, 6.45) is 4.17. The second-order valence-corrected chi connectivity index (χ2v) is 11.3. The zero-order valence-electron chi connectivity index (χ0n) is 17.4. The second kappa shape index (κ2) is 10.7. The maximum Gasteiger partial charge on any atom is 0.240 e. The van der Waals surface area contributed by atoms with Gasteiger partial charge in [0.15, 0.2) is 5.13 Å². The van der Waals surface area contributed by atoms with Gasteiger partial charge >= 0.3 is 0 Å². The first-order valence-electron chi connectivity index (χ1n) is 10.4. The van der Waals surface area contributed by atoms with E-state index in [1.807, 2.05) is 22.9 Å². The van der Waals surface area contributed by atoms with Crippen molar-refractivity contribution in [1.82, 2.24) is 9.71 Å². The van der Waals surface area contributed by atoms with Gasteiger partial charge in [-0.3, -0.25) is 4.79 Å². The lowest BCUT2D eigenvalue weighted by Gasteiger charge is -2.26. The lowest BCUT2D eigenvalue weighted by atomic mass is 9.84. The Morgan fingerprint density at radius 2 is 1.91 bits per heavy atom. The molecule has 0 radical (unpaired) electrons. The van der Waals surface area contributed by atoms with Gasteiger partial charge in [-0.1, -0.05) is 18.2 Å². The molecule has 1 unspecified atom stereocenters. The van der Waals surface area contributed by atoms with Gasteiger partial charge in [-0.05, 0) is 54.3 Å². The van der Waals surface area contributed by atoms with Crippen molar-refractivity contribution in [1.29, 1.82) is 0 Å². The number of aromatic nitrogens is 1. The number of ether oxygens (including phenoxy) is 1. The minimum absolute atomic E-state index is 0.127. The third-order valence-corrected chi connectivity index (χ3v) is 8.48. The molecule has 1 saturated heterocycles. The number of carbonyl (C=O) groups is 1. The van der Waals surface area contributed by atoms with E-state index in [0.717, 1.165) is 23.3 Å². The molecule has 1 amide bonds. The van der Waals surface area contributed by atoms with E-state index in [0.29, 0.717) is 30.7 Å². The molecule has 0 saturated carbocycles. The van der Waals surface area contributed by atoms with Gasteiger partial charge < -0.3 is 10.1 Å². The Morgan fingerprint density at radius 1 is 1.12 bits per heavy atom. The molecule has 2 aromatic heterocycles. The van der Waals surface area contributed by atoms with Crippen LogP contribution >= 0.6 is 22.7 Å². The predicted molar refractivity (Wildman–Crippen MR) is 126 cm³/mol. The van der Waals surface area contributed by atoms with Crippen molar-refractivity contribution < 1.29 is 17.9 Å². The van der Waals surface area contributed by atoms with Gasteiger partial charge in [0.2, 0.25) is 15.9 Å². The molecule has 32 heavy (non-hydrogen) atoms. The number of rotatable bonds is 9. The average Bonchev–Trinajstić information content (AvgIpc) is 3.51. The second-order valence-electron chi connectivity index (χ2n) is 7.64. The summed E-state index contributed by atoms with van der Waals surface area (Å²) in [6.45, 7) is 1.67. The number of anilines is 1. The highest BCUT2D eigenvalue weighted by Gasteiger charge is 2.27. The zero-order valence-corrected chi connectivity index (χ0v) is 19.8. The molecule has 170 valence electrons. The Bertz CT molecular complexity index is 1090. The third-order valence-electron chi connectivity index (χ3n) is 5.50. The van der Waals surface area contributed by atoms with Crippen LogP contribution in [0, 0.1) is 5.92 Å². The van der Waals surface area contributed by atoms with Crippen LogP contribution in [0.4, 0.5) is 5.13 Å². The Morgan fingerprint density at radius 3 is 2.56 bits per heavy atom. The number of hydrogen-bond acceptors (Lipinski definition) is 7. The van der Waals surface area contributed by atoms with E-state index in [2.05, 4.69) is 15.0 Å². The van der Waals surface area contributed by atoms with Crippen molar-refractivity contribution >= 4 is 43.7 Å². The van der Waals surface area contributed by atoms with E-state index in [1.165, 1.54) is 22.7 Å². The monoisotopic (exact) mass is 491 g/mol. The maximum absolute atomic E-state index is 13.1. The molecule has 7 nitrogen and oxygen atoms in total. The first-order valence-corrected chi connectivity index (χ1v) is 13.7. The number of thiophene rings is 1. The normalized spacial score (nSPS) is 16.0. The van der Waals surface area contributed by atoms with Gasteiger partial charge in [0.25, 0.3) is 0 Å². The van der Waals surface area contributed by atoms with Crippen molar-refractivity contribution in [2.45, 2.75) is 36.6 Å². The third kappa shape index (κ3) is 6.02. The van der Waals surface area contributed by atoms with Crippen LogP contribution in [0.1, 0.15) is 35.6 Å². The van der Waals surface area contributed by atoms with Crippen LogP contribution in [0.15, 0.2) is 58.3 Å². The number of hydrogen-bond donors (Lipinski definition) is 2. The highest BCUT2D eigenvalue weighted by Crippen LogP contribution is 2.31. The van der Waals surface area contributed by atoms with Gasteiger partial charge in [0.05, 0.1) is 10.8 Å². The molecule has 1 atom stereocenters. The maximum atomic E-state index is 13.1. The van der Waals surface area contributed by atoms with Crippen LogP contribution in [-0.4, -0.2) is 32.5 Å². The van der Waals surface area contributed by atoms with Gasteiger partial charge in [-0.25, -0.2) is 18.1 Å². The van der Waals surface area contributed by atoms with Gasteiger partial charge in [0, 0.05) is 36.2 Å². The summed E-state index contributed by atoms with van der Waals surface area (Å²) >= 11 is 2.87. The lowest BCUT2D eigenvalue weighted by Crippen LogP contribution is -2.26. The van der Waals surface area contributed by atoms with E-state index in [1.54, 1.807) is 30.5 Å². The van der Waals surface area contributed by atoms with Crippen LogP contribution in [0.5, 0.6) is 0 Å². The van der Waals surface area contributed by atoms with Gasteiger partial charge in [0.1, 0.15) is 0 Å². The molecule has 0 bridgehead atoms. The molecule has 1 aliphatic rings. The van der Waals surface area contributed by atoms with Crippen LogP contribution in [0.25, 0.3) is 0 Å². The van der Waals surface area contributed by atoms with Gasteiger partial charge in [-0.2, -0.15) is 0 Å². The number of nitrogens with one attached hydrogen (secondary N) is 2. The standard InChI is InChI=1S/C22H25N3O4S3/c26-21(25-22-23-9-13-31-22)20(14-16-7-10-29-11-8-16)17-3-5-19(6-4-17)32(27,28)24-15-18-2-1-12-30-18/h1-6,9,12-13,16,20,24H,7-8,10-11,14-15H2,(H,23,25,26). The van der Waals surface area contributed by atoms with E-state index >= 15 is 0 Å². The summed E-state index contributed by atoms with van der Waals surface area (Å²) in [5, 5.41) is 7.18. The molecule has 10 heteroatoms. The minimum atomic E-state index is -3.64. The Labute approximate surface area is 195 Å². The first kappa shape index (κ1) is 23.1. The number of benzene rings is 1. The average molecular weight is 492 g/mol. The molecule has 1 aliphatic heterocycles. The first-order chi connectivity index (χ1) is 15.5. The van der Waals surface area contributed by atoms with Crippen molar-refractivity contribution in [3.63, 3.8) is 0 Å². The molecular weight excluding hydrogens is 466 g/mol. The van der Waals surface area contributed by atoms with E-state index in [9.17, 15) is 13.2 Å². The van der Waals surface area contributed by atoms with Crippen LogP contribution in [0.3, 0.4) is 0 Å². The molecule has 2 N–H and O–H groups in total. The topological polar surface area (TPSA) is 97.4 Å². The summed E-state index contributed by atoms with van der Waals surface area (Å²) < 4.78 is 33.4. The number of amides is 1. The summed E-state index contributed by atoms with van der Waals surface area (Å²) in [5.41, 5.74) is 0.794. The number of carbonyl (C=O) groups excluding carboxylic acids is 1. The van der Waals surface area contributed by atoms with Crippen molar-refractivity contribution in [3.8, 4) is 0 Å². The largest absolute Gasteiger partial charge is 0.381 e. The number of sulfonamides is 1. The summed E-state index contributed by atoms with van der Waals surface area (Å²) in [6, 6.07) is 10.4. The highest BCUT2D eigenvalue weighted by atomic mass is 32.2. The van der Waals surface area contributed by atoms with Crippen LogP contribution < -0.4 is 10.0 Å². The van der Waals surface area contributed by atoms with E-state index < -0.39 is 15.9 Å². The zero-order chi connectivity index (χ0) is 22.4. The fraction of sp³-hybridized carbons (Fsp3) is 0.364. The van der Waals surface area contributed by atoms with Gasteiger partial charge in [-0.15, -0.1) is 22.7 Å². The van der Waals surface area contributed by atoms with E-state index in [-0.39, 0.29) is 17.3 Å². The van der Waals surface area contributed by atoms with Crippen molar-refractivity contribution in [2.75, 3.05) is 18.5 Å². The van der Waals surface area contributed by atoms with Crippen LogP contribution in [0.2, 0.25) is 0 Å². The highest BCUT2D eigenvalue weighted by molar-refractivity contribution is 7.89. The SMILES string of the molecule is O=C(Nc1nccs1)C(CC1CCOCC1)c1ccc(S(=O)(=O)NCc2cccs2)cc1. The van der Waals surface area contributed by atoms with Crippen molar-refractivity contribution in [2.24, 2.45) is 5.92 Å². The van der Waals surface area contributed by atoms with Crippen LogP contribution in [-0.2, 0) is 26.1 Å². The molecule has 3 aromatic rings. The molecule has 4 rings (SSSR count). The summed E-state index contributed by atoms with van der Waals surface area (Å²) in [5.74, 6) is -0.137. The molecule has 0 aliphatic carbocycles. The lowest BCUT2D eigenvalue weighted by molar-refractivity contribution is -0.118. The number of nitrogens with zero attached hydrogens (tertiary/aromatic N) is 1. The minimum Gasteiger partial charge on any atom is -0.381 e. The Kier molecular flexibility index (Phi) is 7.69. The summed E-state index contributed by atoms with van der Waals surface area (Å²) in [7, 11) is -3.64. The summed E-state index contributed by atoms with van der Waals surface area (Å²) in [4.78, 5) is 18.4. The fourth-order valence-electron chi connectivity index (χ4n) is 3.73. The Balaban J connectivity index is 1.50. The molecule has 1 fully saturated rings. The smallest absolute Gasteiger partial charge is 0.240 e. The molecule has 3 heterocycles.